The summed E-state index contributed by atoms with van der Waals surface area (Å²) in [6, 6.07) is 4.92. The summed E-state index contributed by atoms with van der Waals surface area (Å²) in [4.78, 5) is 22.7. The number of carbonyl (C=O) groups excluding carboxylic acids is 2. The van der Waals surface area contributed by atoms with E-state index in [1.54, 1.807) is 0 Å². The largest absolute Gasteiger partial charge is 0.394 e. The number of rotatable bonds is 3. The fraction of sp³-hybridized carbons (Fsp3) is 0.273. The van der Waals surface area contributed by atoms with Crippen LogP contribution in [0.5, 0.6) is 0 Å². The third-order valence-corrected chi connectivity index (χ3v) is 2.05. The van der Waals surface area contributed by atoms with Crippen LogP contribution in [0, 0.1) is 5.82 Å². The number of aliphatic hydroxyl groups is 1. The minimum Gasteiger partial charge on any atom is -0.394 e. The molecule has 0 heterocycles. The van der Waals surface area contributed by atoms with Gasteiger partial charge in [0.1, 0.15) is 5.82 Å². The molecule has 0 atom stereocenters. The maximum atomic E-state index is 12.6. The topological polar surface area (TPSA) is 69.6 Å². The second kappa shape index (κ2) is 5.95. The molecule has 0 unspecified atom stereocenters. The fourth-order valence-electron chi connectivity index (χ4n) is 1.18. The lowest BCUT2D eigenvalue weighted by Gasteiger charge is -2.20. The molecule has 6 heteroatoms. The van der Waals surface area contributed by atoms with Crippen LogP contribution in [0.25, 0.3) is 0 Å². The van der Waals surface area contributed by atoms with E-state index in [0.29, 0.717) is 0 Å². The van der Waals surface area contributed by atoms with Crippen molar-refractivity contribution in [3.63, 3.8) is 0 Å². The summed E-state index contributed by atoms with van der Waals surface area (Å²) in [7, 11) is 0. The van der Waals surface area contributed by atoms with Crippen molar-refractivity contribution in [3.8, 4) is 0 Å². The zero-order valence-corrected chi connectivity index (χ0v) is 9.31. The van der Waals surface area contributed by atoms with E-state index in [9.17, 15) is 14.0 Å². The molecule has 17 heavy (non-hydrogen) atoms. The first-order valence-corrected chi connectivity index (χ1v) is 5.00. The molecule has 0 bridgehead atoms. The molecular weight excluding hydrogens is 227 g/mol. The lowest BCUT2D eigenvalue weighted by atomic mass is 10.2. The zero-order chi connectivity index (χ0) is 12.8. The number of halogens is 1. The van der Waals surface area contributed by atoms with Crippen LogP contribution in [0.15, 0.2) is 24.3 Å². The minimum absolute atomic E-state index is 0.00225. The molecule has 1 aromatic carbocycles. The number of hydrazine groups is 1. The van der Waals surface area contributed by atoms with Crippen molar-refractivity contribution >= 4 is 11.8 Å². The van der Waals surface area contributed by atoms with E-state index in [2.05, 4.69) is 5.43 Å². The smallest absolute Gasteiger partial charge is 0.269 e. The molecule has 5 nitrogen and oxygen atoms in total. The molecule has 2 amide bonds. The van der Waals surface area contributed by atoms with Crippen molar-refractivity contribution in [1.29, 1.82) is 0 Å². The average molecular weight is 240 g/mol. The predicted molar refractivity (Wildman–Crippen MR) is 58.3 cm³/mol. The fourth-order valence-corrected chi connectivity index (χ4v) is 1.18. The Morgan fingerprint density at radius 3 is 2.41 bits per heavy atom. The standard InChI is InChI=1S/C11H13FN2O3/c1-8(16)14(6-7-15)13-11(17)9-2-4-10(12)5-3-9/h2-5,15H,6-7H2,1H3,(H,13,17). The van der Waals surface area contributed by atoms with Gasteiger partial charge in [-0.05, 0) is 24.3 Å². The highest BCUT2D eigenvalue weighted by molar-refractivity contribution is 5.95. The van der Waals surface area contributed by atoms with Crippen molar-refractivity contribution in [2.45, 2.75) is 6.92 Å². The molecule has 1 rings (SSSR count). The maximum Gasteiger partial charge on any atom is 0.269 e. The molecule has 2 N–H and O–H groups in total. The Bertz CT molecular complexity index is 406. The number of benzene rings is 1. The van der Waals surface area contributed by atoms with Gasteiger partial charge in [0, 0.05) is 12.5 Å². The Labute approximate surface area is 97.8 Å². The summed E-state index contributed by atoms with van der Waals surface area (Å²) in [6.07, 6.45) is 0. The molecule has 0 aliphatic carbocycles. The number of aliphatic hydroxyl groups excluding tert-OH is 1. The van der Waals surface area contributed by atoms with E-state index in [4.69, 9.17) is 5.11 Å². The summed E-state index contributed by atoms with van der Waals surface area (Å²) in [5.74, 6) is -1.37. The van der Waals surface area contributed by atoms with Gasteiger partial charge in [0.15, 0.2) is 0 Å². The molecule has 0 aliphatic rings. The molecule has 0 fully saturated rings. The van der Waals surface area contributed by atoms with Gasteiger partial charge in [-0.15, -0.1) is 0 Å². The second-order valence-corrected chi connectivity index (χ2v) is 3.34. The van der Waals surface area contributed by atoms with Gasteiger partial charge in [-0.3, -0.25) is 20.0 Å². The van der Waals surface area contributed by atoms with Gasteiger partial charge in [-0.2, -0.15) is 0 Å². The summed E-state index contributed by atoms with van der Waals surface area (Å²) < 4.78 is 12.6. The summed E-state index contributed by atoms with van der Waals surface area (Å²) >= 11 is 0. The Balaban J connectivity index is 2.70. The van der Waals surface area contributed by atoms with Crippen LogP contribution in [-0.2, 0) is 4.79 Å². The van der Waals surface area contributed by atoms with Crippen molar-refractivity contribution in [2.24, 2.45) is 0 Å². The molecule has 0 radical (unpaired) electrons. The summed E-state index contributed by atoms with van der Waals surface area (Å²) in [6.45, 7) is 1.01. The van der Waals surface area contributed by atoms with Gasteiger partial charge in [0.05, 0.1) is 13.2 Å². The number of nitrogens with zero attached hydrogens (tertiary/aromatic N) is 1. The number of hydrogen-bond donors (Lipinski definition) is 2. The van der Waals surface area contributed by atoms with Crippen LogP contribution in [0.4, 0.5) is 4.39 Å². The van der Waals surface area contributed by atoms with Crippen molar-refractivity contribution in [2.75, 3.05) is 13.2 Å². The van der Waals surface area contributed by atoms with Crippen molar-refractivity contribution in [3.05, 3.63) is 35.6 Å². The predicted octanol–water partition coefficient (Wildman–Crippen LogP) is 0.311. The minimum atomic E-state index is -0.534. The number of amides is 2. The van der Waals surface area contributed by atoms with E-state index in [1.165, 1.54) is 19.1 Å². The summed E-state index contributed by atoms with van der Waals surface area (Å²) in [5.41, 5.74) is 2.55. The normalized spacial score (nSPS) is 9.82. The van der Waals surface area contributed by atoms with E-state index >= 15 is 0 Å². The molecule has 0 aromatic heterocycles. The quantitative estimate of drug-likeness (QED) is 0.747. The Morgan fingerprint density at radius 2 is 1.94 bits per heavy atom. The van der Waals surface area contributed by atoms with Gasteiger partial charge in [-0.1, -0.05) is 0 Å². The average Bonchev–Trinajstić information content (AvgIpc) is 2.29. The van der Waals surface area contributed by atoms with Gasteiger partial charge >= 0.3 is 0 Å². The van der Waals surface area contributed by atoms with Crippen LogP contribution in [-0.4, -0.2) is 35.1 Å². The SMILES string of the molecule is CC(=O)N(CCO)NC(=O)c1ccc(F)cc1. The van der Waals surface area contributed by atoms with Gasteiger partial charge in [0.2, 0.25) is 5.91 Å². The number of carbonyl (C=O) groups is 2. The van der Waals surface area contributed by atoms with Crippen molar-refractivity contribution in [1.82, 2.24) is 10.4 Å². The Kier molecular flexibility index (Phi) is 4.59. The highest BCUT2D eigenvalue weighted by Crippen LogP contribution is 2.02. The number of hydrogen-bond acceptors (Lipinski definition) is 3. The molecule has 92 valence electrons. The van der Waals surface area contributed by atoms with Gasteiger partial charge in [0.25, 0.3) is 5.91 Å². The van der Waals surface area contributed by atoms with Crippen LogP contribution < -0.4 is 5.43 Å². The molecule has 0 aliphatic heterocycles. The van der Waals surface area contributed by atoms with E-state index in [0.717, 1.165) is 17.1 Å². The Morgan fingerprint density at radius 1 is 1.35 bits per heavy atom. The summed E-state index contributed by atoms with van der Waals surface area (Å²) in [5, 5.41) is 9.70. The highest BCUT2D eigenvalue weighted by atomic mass is 19.1. The van der Waals surface area contributed by atoms with E-state index in [-0.39, 0.29) is 18.7 Å². The molecule has 0 saturated carbocycles. The van der Waals surface area contributed by atoms with Crippen LogP contribution in [0.1, 0.15) is 17.3 Å². The third kappa shape index (κ3) is 3.84. The van der Waals surface area contributed by atoms with Crippen LogP contribution >= 0.6 is 0 Å². The first-order valence-electron chi connectivity index (χ1n) is 5.00. The Hall–Kier alpha value is -1.95. The van der Waals surface area contributed by atoms with Crippen LogP contribution in [0.2, 0.25) is 0 Å². The van der Waals surface area contributed by atoms with E-state index < -0.39 is 17.6 Å². The van der Waals surface area contributed by atoms with Gasteiger partial charge in [-0.25, -0.2) is 4.39 Å². The van der Waals surface area contributed by atoms with Gasteiger partial charge < -0.3 is 5.11 Å². The van der Waals surface area contributed by atoms with Crippen molar-refractivity contribution < 1.29 is 19.1 Å². The van der Waals surface area contributed by atoms with Crippen LogP contribution in [0.3, 0.4) is 0 Å². The molecule has 0 saturated heterocycles. The molecular formula is C11H13FN2O3. The lowest BCUT2D eigenvalue weighted by molar-refractivity contribution is -0.131. The highest BCUT2D eigenvalue weighted by Gasteiger charge is 2.13. The zero-order valence-electron chi connectivity index (χ0n) is 9.31. The first kappa shape index (κ1) is 13.1. The second-order valence-electron chi connectivity index (χ2n) is 3.34. The maximum absolute atomic E-state index is 12.6. The first-order chi connectivity index (χ1) is 8.04. The lowest BCUT2D eigenvalue weighted by Crippen LogP contribution is -2.46. The molecule has 0 spiro atoms. The third-order valence-electron chi connectivity index (χ3n) is 2.05. The molecule has 1 aromatic rings. The number of nitrogens with one attached hydrogen (secondary N) is 1. The monoisotopic (exact) mass is 240 g/mol. The van der Waals surface area contributed by atoms with E-state index in [1.807, 2.05) is 0 Å².